The van der Waals surface area contributed by atoms with Crippen LogP contribution in [0.4, 0.5) is 0 Å². The van der Waals surface area contributed by atoms with Crippen LogP contribution in [0.5, 0.6) is 0 Å². The van der Waals surface area contributed by atoms with Crippen molar-refractivity contribution in [1.29, 1.82) is 0 Å². The number of imidazole rings is 1. The molecule has 0 unspecified atom stereocenters. The van der Waals surface area contributed by atoms with Crippen molar-refractivity contribution >= 4 is 23.2 Å². The van der Waals surface area contributed by atoms with Gasteiger partial charge in [-0.3, -0.25) is 4.79 Å². The molecule has 0 aromatic carbocycles. The number of hydrogen-bond acceptors (Lipinski definition) is 5. The zero-order valence-corrected chi connectivity index (χ0v) is 13.5. The number of likely N-dealkylation sites (N-methyl/N-ethyl adjacent to an activating group) is 1. The average Bonchev–Trinajstić information content (AvgIpc) is 3.10. The van der Waals surface area contributed by atoms with Crippen LogP contribution < -0.4 is 0 Å². The number of amides is 1. The molecule has 0 saturated heterocycles. The summed E-state index contributed by atoms with van der Waals surface area (Å²) >= 11 is 6.33. The van der Waals surface area contributed by atoms with E-state index in [9.17, 15) is 4.79 Å². The van der Waals surface area contributed by atoms with E-state index in [-0.39, 0.29) is 5.91 Å². The van der Waals surface area contributed by atoms with Crippen LogP contribution in [0, 0.1) is 6.92 Å². The van der Waals surface area contributed by atoms with Crippen LogP contribution in [0.1, 0.15) is 24.4 Å². The van der Waals surface area contributed by atoms with Gasteiger partial charge in [-0.1, -0.05) is 22.8 Å². The first-order valence-corrected chi connectivity index (χ1v) is 7.66. The third kappa shape index (κ3) is 2.11. The van der Waals surface area contributed by atoms with Gasteiger partial charge in [0.25, 0.3) is 5.91 Å². The molecule has 2 aromatic rings. The fraction of sp³-hybridized carbons (Fsp3) is 0.333. The minimum absolute atomic E-state index is 0.0834. The van der Waals surface area contributed by atoms with Crippen molar-refractivity contribution in [3.05, 3.63) is 34.6 Å². The molecule has 1 amide bonds. The molecule has 0 spiro atoms. The minimum atomic E-state index is -0.0834. The maximum absolute atomic E-state index is 12.7. The highest BCUT2D eigenvalue weighted by Crippen LogP contribution is 2.37. The van der Waals surface area contributed by atoms with Gasteiger partial charge >= 0.3 is 0 Å². The van der Waals surface area contributed by atoms with Crippen LogP contribution in [0.3, 0.4) is 0 Å². The molecule has 3 heterocycles. The quantitative estimate of drug-likeness (QED) is 0.801. The normalized spacial score (nSPS) is 17.8. The Morgan fingerprint density at radius 3 is 2.96 bits per heavy atom. The van der Waals surface area contributed by atoms with Crippen molar-refractivity contribution in [2.75, 3.05) is 7.05 Å². The Labute approximate surface area is 137 Å². The van der Waals surface area contributed by atoms with Gasteiger partial charge < -0.3 is 14.0 Å². The van der Waals surface area contributed by atoms with Gasteiger partial charge in [-0.25, -0.2) is 4.98 Å². The summed E-state index contributed by atoms with van der Waals surface area (Å²) in [6, 6.07) is 0. The zero-order valence-electron chi connectivity index (χ0n) is 12.7. The molecule has 1 aliphatic carbocycles. The first-order chi connectivity index (χ1) is 11.1. The van der Waals surface area contributed by atoms with E-state index < -0.39 is 0 Å². The molecule has 0 saturated carbocycles. The van der Waals surface area contributed by atoms with Crippen molar-refractivity contribution in [2.24, 2.45) is 0 Å². The second kappa shape index (κ2) is 5.06. The number of fused-ring (bicyclic) bond motifs is 3. The first-order valence-electron chi connectivity index (χ1n) is 7.28. The molecule has 118 valence electrons. The Balaban J connectivity index is 1.93. The summed E-state index contributed by atoms with van der Waals surface area (Å²) in [5, 5.41) is 4.53. The molecule has 0 radical (unpaired) electrons. The lowest BCUT2D eigenvalue weighted by Gasteiger charge is -2.19. The summed E-state index contributed by atoms with van der Waals surface area (Å²) in [5.74, 6) is 0.812. The van der Waals surface area contributed by atoms with Crippen molar-refractivity contribution < 1.29 is 9.32 Å². The maximum atomic E-state index is 12.7. The standard InChI is InChI=1S/C15H14ClN5O2/c1-8-18-14(19-23-8)13-11-6-20(2)15(22)12-9(16)4-3-5-10(12)21(11)7-17-13/h5,7H,3-4,6H2,1-2H3. The summed E-state index contributed by atoms with van der Waals surface area (Å²) in [6.45, 7) is 2.12. The van der Waals surface area contributed by atoms with E-state index in [1.165, 1.54) is 0 Å². The lowest BCUT2D eigenvalue weighted by Crippen LogP contribution is -2.27. The van der Waals surface area contributed by atoms with Crippen LogP contribution in [0.15, 0.2) is 27.5 Å². The van der Waals surface area contributed by atoms with E-state index in [2.05, 4.69) is 15.1 Å². The van der Waals surface area contributed by atoms with Gasteiger partial charge in [0.1, 0.15) is 12.0 Å². The lowest BCUT2D eigenvalue weighted by molar-refractivity contribution is -0.125. The smallest absolute Gasteiger partial charge is 0.257 e. The number of aryl methyl sites for hydroxylation is 1. The summed E-state index contributed by atoms with van der Waals surface area (Å²) < 4.78 is 6.95. The minimum Gasteiger partial charge on any atom is -0.339 e. The van der Waals surface area contributed by atoms with Crippen LogP contribution in [0.25, 0.3) is 17.2 Å². The van der Waals surface area contributed by atoms with E-state index in [0.717, 1.165) is 17.8 Å². The van der Waals surface area contributed by atoms with E-state index in [1.807, 2.05) is 10.6 Å². The van der Waals surface area contributed by atoms with E-state index in [0.29, 0.717) is 41.0 Å². The number of carbonyl (C=O) groups excluding carboxylic acids is 1. The Kier molecular flexibility index (Phi) is 3.12. The van der Waals surface area contributed by atoms with Gasteiger partial charge in [0.2, 0.25) is 11.7 Å². The zero-order chi connectivity index (χ0) is 16.1. The Morgan fingerprint density at radius 1 is 1.39 bits per heavy atom. The van der Waals surface area contributed by atoms with Crippen LogP contribution in [0.2, 0.25) is 0 Å². The largest absolute Gasteiger partial charge is 0.339 e. The Morgan fingerprint density at radius 2 is 2.22 bits per heavy atom. The number of hydrogen-bond donors (Lipinski definition) is 0. The van der Waals surface area contributed by atoms with Gasteiger partial charge in [-0.2, -0.15) is 4.98 Å². The number of nitrogens with zero attached hydrogens (tertiary/aromatic N) is 5. The molecule has 23 heavy (non-hydrogen) atoms. The average molecular weight is 332 g/mol. The van der Waals surface area contributed by atoms with E-state index in [4.69, 9.17) is 16.1 Å². The number of allylic oxidation sites excluding steroid dienone is 2. The third-order valence-electron chi connectivity index (χ3n) is 4.04. The molecule has 4 rings (SSSR count). The van der Waals surface area contributed by atoms with Crippen molar-refractivity contribution in [2.45, 2.75) is 26.3 Å². The molecule has 0 bridgehead atoms. The Bertz CT molecular complexity index is 876. The Hall–Kier alpha value is -2.41. The third-order valence-corrected chi connectivity index (χ3v) is 4.42. The highest BCUT2D eigenvalue weighted by atomic mass is 35.5. The van der Waals surface area contributed by atoms with Gasteiger partial charge in [0.15, 0.2) is 0 Å². The molecule has 7 nitrogen and oxygen atoms in total. The molecule has 0 fully saturated rings. The highest BCUT2D eigenvalue weighted by Gasteiger charge is 2.32. The summed E-state index contributed by atoms with van der Waals surface area (Å²) in [4.78, 5) is 23.0. The maximum Gasteiger partial charge on any atom is 0.257 e. The number of aromatic nitrogens is 4. The second-order valence-electron chi connectivity index (χ2n) is 5.62. The predicted octanol–water partition coefficient (Wildman–Crippen LogP) is 2.34. The molecule has 0 N–H and O–H groups in total. The van der Waals surface area contributed by atoms with Crippen LogP contribution >= 0.6 is 11.6 Å². The number of halogens is 1. The molecular weight excluding hydrogens is 318 g/mol. The van der Waals surface area contributed by atoms with Gasteiger partial charge in [0, 0.05) is 19.0 Å². The fourth-order valence-corrected chi connectivity index (χ4v) is 3.23. The van der Waals surface area contributed by atoms with Crippen LogP contribution in [-0.4, -0.2) is 37.5 Å². The van der Waals surface area contributed by atoms with E-state index >= 15 is 0 Å². The van der Waals surface area contributed by atoms with Crippen molar-refractivity contribution in [3.8, 4) is 11.5 Å². The fourth-order valence-electron chi connectivity index (χ4n) is 2.95. The van der Waals surface area contributed by atoms with Crippen molar-refractivity contribution in [3.63, 3.8) is 0 Å². The summed E-state index contributed by atoms with van der Waals surface area (Å²) in [6.07, 6.45) is 5.18. The molecule has 2 aliphatic rings. The monoisotopic (exact) mass is 331 g/mol. The summed E-state index contributed by atoms with van der Waals surface area (Å²) in [7, 11) is 1.75. The molecule has 8 heteroatoms. The molecule has 1 aliphatic heterocycles. The van der Waals surface area contributed by atoms with Gasteiger partial charge in [0.05, 0.1) is 23.5 Å². The summed E-state index contributed by atoms with van der Waals surface area (Å²) in [5.41, 5.74) is 2.79. The highest BCUT2D eigenvalue weighted by molar-refractivity contribution is 6.34. The van der Waals surface area contributed by atoms with Crippen LogP contribution in [-0.2, 0) is 11.3 Å². The van der Waals surface area contributed by atoms with Crippen molar-refractivity contribution in [1.82, 2.24) is 24.6 Å². The SMILES string of the molecule is Cc1nc(-c2ncn3c2CN(C)C(=O)C2=C(Cl)CCC=C23)no1. The number of carbonyl (C=O) groups is 1. The molecule has 2 aromatic heterocycles. The lowest BCUT2D eigenvalue weighted by atomic mass is 10.0. The van der Waals surface area contributed by atoms with Gasteiger partial charge in [-0.05, 0) is 12.8 Å². The topological polar surface area (TPSA) is 77.1 Å². The molecule has 0 atom stereocenters. The van der Waals surface area contributed by atoms with E-state index in [1.54, 1.807) is 25.2 Å². The second-order valence-corrected chi connectivity index (χ2v) is 6.07. The predicted molar refractivity (Wildman–Crippen MR) is 83.1 cm³/mol. The number of rotatable bonds is 1. The van der Waals surface area contributed by atoms with Gasteiger partial charge in [-0.15, -0.1) is 0 Å². The molecular formula is C15H14ClN5O2. The first kappa shape index (κ1) is 14.2.